The van der Waals surface area contributed by atoms with E-state index in [9.17, 15) is 4.79 Å². The Hall–Kier alpha value is -2.21. The summed E-state index contributed by atoms with van der Waals surface area (Å²) < 4.78 is 5.05. The maximum Gasteiger partial charge on any atom is 0.320 e. The lowest BCUT2D eigenvalue weighted by molar-refractivity contribution is -0.144. The highest BCUT2D eigenvalue weighted by atomic mass is 16.5. The summed E-state index contributed by atoms with van der Waals surface area (Å²) in [4.78, 5) is 25.6. The number of aromatic nitrogens is 2. The number of para-hydroxylation sites is 2. The fourth-order valence-corrected chi connectivity index (χ4v) is 3.11. The van der Waals surface area contributed by atoms with E-state index in [-0.39, 0.29) is 5.97 Å². The highest BCUT2D eigenvalue weighted by Gasteiger charge is 2.20. The molecule has 0 amide bonds. The summed E-state index contributed by atoms with van der Waals surface area (Å²) in [5, 5.41) is 0. The number of aryl methyl sites for hydroxylation is 1. The van der Waals surface area contributed by atoms with Crippen molar-refractivity contribution >= 4 is 22.8 Å². The van der Waals surface area contributed by atoms with Crippen LogP contribution in [0.1, 0.15) is 19.0 Å². The maximum absolute atomic E-state index is 11.7. The highest BCUT2D eigenvalue weighted by molar-refractivity contribution is 5.76. The zero-order chi connectivity index (χ0) is 16.9. The SMILES string of the molecule is CCOC(=O)CN1CCCN(c2nc3ccccc3nc2C)CC1. The van der Waals surface area contributed by atoms with Gasteiger partial charge in [0, 0.05) is 26.2 Å². The number of ether oxygens (including phenoxy) is 1. The molecule has 0 atom stereocenters. The molecule has 0 bridgehead atoms. The number of carbonyl (C=O) groups excluding carboxylic acids is 1. The first kappa shape index (κ1) is 16.6. The molecule has 1 fully saturated rings. The maximum atomic E-state index is 11.7. The Morgan fingerprint density at radius 1 is 1.12 bits per heavy atom. The molecule has 0 spiro atoms. The largest absolute Gasteiger partial charge is 0.465 e. The van der Waals surface area contributed by atoms with E-state index in [1.807, 2.05) is 38.1 Å². The zero-order valence-electron chi connectivity index (χ0n) is 14.4. The Kier molecular flexibility index (Phi) is 5.25. The summed E-state index contributed by atoms with van der Waals surface area (Å²) in [6, 6.07) is 7.95. The molecule has 3 rings (SSSR count). The van der Waals surface area contributed by atoms with Gasteiger partial charge in [0.1, 0.15) is 0 Å². The summed E-state index contributed by atoms with van der Waals surface area (Å²) in [6.45, 7) is 8.14. The third-order valence-corrected chi connectivity index (χ3v) is 4.27. The predicted molar refractivity (Wildman–Crippen MR) is 94.2 cm³/mol. The molecule has 0 saturated carbocycles. The lowest BCUT2D eigenvalue weighted by Gasteiger charge is -2.23. The first-order valence-corrected chi connectivity index (χ1v) is 8.53. The van der Waals surface area contributed by atoms with Crippen molar-refractivity contribution in [1.29, 1.82) is 0 Å². The quantitative estimate of drug-likeness (QED) is 0.800. The van der Waals surface area contributed by atoms with Crippen LogP contribution in [0, 0.1) is 6.92 Å². The first-order valence-electron chi connectivity index (χ1n) is 8.53. The van der Waals surface area contributed by atoms with Crippen LogP contribution in [0.5, 0.6) is 0 Å². The third-order valence-electron chi connectivity index (χ3n) is 4.27. The minimum Gasteiger partial charge on any atom is -0.465 e. The second-order valence-corrected chi connectivity index (χ2v) is 6.04. The predicted octanol–water partition coefficient (Wildman–Crippen LogP) is 2.01. The molecule has 1 aromatic heterocycles. The molecule has 128 valence electrons. The van der Waals surface area contributed by atoms with E-state index in [2.05, 4.69) is 14.8 Å². The lowest BCUT2D eigenvalue weighted by Crippen LogP contribution is -2.35. The molecule has 1 aromatic carbocycles. The summed E-state index contributed by atoms with van der Waals surface area (Å²) in [5.41, 5.74) is 2.80. The van der Waals surface area contributed by atoms with Gasteiger partial charge in [0.25, 0.3) is 0 Å². The number of anilines is 1. The van der Waals surface area contributed by atoms with Crippen LogP contribution < -0.4 is 4.90 Å². The van der Waals surface area contributed by atoms with Crippen LogP contribution in [0.4, 0.5) is 5.82 Å². The molecular formula is C18H24N4O2. The van der Waals surface area contributed by atoms with Crippen molar-refractivity contribution in [2.24, 2.45) is 0 Å². The molecule has 0 aliphatic carbocycles. The average molecular weight is 328 g/mol. The Morgan fingerprint density at radius 3 is 2.62 bits per heavy atom. The van der Waals surface area contributed by atoms with Gasteiger partial charge in [-0.2, -0.15) is 0 Å². The van der Waals surface area contributed by atoms with Gasteiger partial charge in [-0.3, -0.25) is 9.69 Å². The third kappa shape index (κ3) is 3.82. The van der Waals surface area contributed by atoms with E-state index < -0.39 is 0 Å². The van der Waals surface area contributed by atoms with Crippen LogP contribution >= 0.6 is 0 Å². The van der Waals surface area contributed by atoms with Crippen molar-refractivity contribution in [2.75, 3.05) is 44.2 Å². The van der Waals surface area contributed by atoms with Crippen molar-refractivity contribution in [3.8, 4) is 0 Å². The van der Waals surface area contributed by atoms with Crippen LogP contribution in [-0.4, -0.2) is 60.2 Å². The molecule has 0 radical (unpaired) electrons. The summed E-state index contributed by atoms with van der Waals surface area (Å²) in [7, 11) is 0. The molecule has 1 saturated heterocycles. The monoisotopic (exact) mass is 328 g/mol. The van der Waals surface area contributed by atoms with Gasteiger partial charge in [-0.1, -0.05) is 12.1 Å². The molecule has 2 heterocycles. The summed E-state index contributed by atoms with van der Waals surface area (Å²) >= 11 is 0. The standard InChI is InChI=1S/C18H24N4O2/c1-3-24-17(23)13-21-9-6-10-22(12-11-21)18-14(2)19-15-7-4-5-8-16(15)20-18/h4-5,7-8H,3,6,9-13H2,1-2H3. The Morgan fingerprint density at radius 2 is 1.88 bits per heavy atom. The van der Waals surface area contributed by atoms with E-state index in [4.69, 9.17) is 9.72 Å². The molecule has 0 N–H and O–H groups in total. The van der Waals surface area contributed by atoms with Gasteiger partial charge in [-0.05, 0) is 32.4 Å². The van der Waals surface area contributed by atoms with Gasteiger partial charge >= 0.3 is 5.97 Å². The number of hydrogen-bond acceptors (Lipinski definition) is 6. The second kappa shape index (κ2) is 7.57. The van der Waals surface area contributed by atoms with Crippen molar-refractivity contribution in [3.63, 3.8) is 0 Å². The number of fused-ring (bicyclic) bond motifs is 1. The summed E-state index contributed by atoms with van der Waals surface area (Å²) in [5.74, 6) is 0.805. The van der Waals surface area contributed by atoms with Gasteiger partial charge in [0.2, 0.25) is 0 Å². The number of benzene rings is 1. The van der Waals surface area contributed by atoms with E-state index in [0.717, 1.165) is 55.1 Å². The van der Waals surface area contributed by atoms with Crippen molar-refractivity contribution < 1.29 is 9.53 Å². The smallest absolute Gasteiger partial charge is 0.320 e. The van der Waals surface area contributed by atoms with Crippen LogP contribution in [0.2, 0.25) is 0 Å². The molecular weight excluding hydrogens is 304 g/mol. The van der Waals surface area contributed by atoms with Crippen LogP contribution in [0.25, 0.3) is 11.0 Å². The van der Waals surface area contributed by atoms with Crippen LogP contribution in [0.3, 0.4) is 0 Å². The van der Waals surface area contributed by atoms with Crippen molar-refractivity contribution in [3.05, 3.63) is 30.0 Å². The Bertz CT molecular complexity index is 719. The van der Waals surface area contributed by atoms with E-state index in [0.29, 0.717) is 13.2 Å². The number of esters is 1. The normalized spacial score (nSPS) is 16.2. The van der Waals surface area contributed by atoms with E-state index in [1.54, 1.807) is 0 Å². The first-order chi connectivity index (χ1) is 11.7. The fourth-order valence-electron chi connectivity index (χ4n) is 3.11. The number of hydrogen-bond donors (Lipinski definition) is 0. The highest BCUT2D eigenvalue weighted by Crippen LogP contribution is 2.21. The molecule has 1 aliphatic heterocycles. The minimum absolute atomic E-state index is 0.146. The minimum atomic E-state index is -0.146. The van der Waals surface area contributed by atoms with Crippen LogP contribution in [-0.2, 0) is 9.53 Å². The fraction of sp³-hybridized carbons (Fsp3) is 0.500. The summed E-state index contributed by atoms with van der Waals surface area (Å²) in [6.07, 6.45) is 0.993. The lowest BCUT2D eigenvalue weighted by atomic mass is 10.2. The number of rotatable bonds is 4. The number of nitrogens with zero attached hydrogens (tertiary/aromatic N) is 4. The Labute approximate surface area is 142 Å². The van der Waals surface area contributed by atoms with Gasteiger partial charge in [0.05, 0.1) is 29.9 Å². The van der Waals surface area contributed by atoms with Gasteiger partial charge < -0.3 is 9.64 Å². The number of carbonyl (C=O) groups is 1. The van der Waals surface area contributed by atoms with Crippen LogP contribution in [0.15, 0.2) is 24.3 Å². The molecule has 24 heavy (non-hydrogen) atoms. The van der Waals surface area contributed by atoms with E-state index in [1.165, 1.54) is 0 Å². The molecule has 1 aliphatic rings. The van der Waals surface area contributed by atoms with Gasteiger partial charge in [-0.25, -0.2) is 9.97 Å². The van der Waals surface area contributed by atoms with Gasteiger partial charge in [0.15, 0.2) is 5.82 Å². The van der Waals surface area contributed by atoms with Crippen molar-refractivity contribution in [2.45, 2.75) is 20.3 Å². The zero-order valence-corrected chi connectivity index (χ0v) is 14.4. The Balaban J connectivity index is 1.72. The average Bonchev–Trinajstić information content (AvgIpc) is 2.80. The molecule has 2 aromatic rings. The van der Waals surface area contributed by atoms with E-state index >= 15 is 0 Å². The molecule has 6 nitrogen and oxygen atoms in total. The molecule has 0 unspecified atom stereocenters. The second-order valence-electron chi connectivity index (χ2n) is 6.04. The van der Waals surface area contributed by atoms with Crippen molar-refractivity contribution in [1.82, 2.24) is 14.9 Å². The molecule has 6 heteroatoms. The topological polar surface area (TPSA) is 58.6 Å². The van der Waals surface area contributed by atoms with Gasteiger partial charge in [-0.15, -0.1) is 0 Å².